The van der Waals surface area contributed by atoms with Crippen molar-refractivity contribution in [3.05, 3.63) is 0 Å². The molecule has 2 aliphatic heterocycles. The summed E-state index contributed by atoms with van der Waals surface area (Å²) in [6, 6.07) is 0.352. The molecule has 1 fully saturated rings. The van der Waals surface area contributed by atoms with Gasteiger partial charge in [-0.1, -0.05) is 0 Å². The number of piperidine rings is 1. The molecule has 0 aromatic heterocycles. The van der Waals surface area contributed by atoms with Gasteiger partial charge in [-0.15, -0.1) is 5.10 Å². The van der Waals surface area contributed by atoms with Gasteiger partial charge in [0.25, 0.3) is 0 Å². The number of hydrazone groups is 1. The van der Waals surface area contributed by atoms with Crippen molar-refractivity contribution in [1.82, 2.24) is 9.91 Å². The van der Waals surface area contributed by atoms with E-state index in [1.165, 1.54) is 12.8 Å². The number of ether oxygens (including phenoxy) is 1. The van der Waals surface area contributed by atoms with Crippen LogP contribution < -0.4 is 5.73 Å². The lowest BCUT2D eigenvalue weighted by atomic mass is 9.99. The quantitative estimate of drug-likeness (QED) is 0.740. The summed E-state index contributed by atoms with van der Waals surface area (Å²) >= 11 is 0. The van der Waals surface area contributed by atoms with E-state index in [2.05, 4.69) is 15.0 Å². The van der Waals surface area contributed by atoms with E-state index < -0.39 is 0 Å². The van der Waals surface area contributed by atoms with Gasteiger partial charge in [-0.2, -0.15) is 0 Å². The van der Waals surface area contributed by atoms with Gasteiger partial charge >= 0.3 is 0 Å². The summed E-state index contributed by atoms with van der Waals surface area (Å²) in [7, 11) is 4.06. The highest BCUT2D eigenvalue weighted by Gasteiger charge is 2.37. The SMILES string of the molecule is CN(C)CCOC1=NN2CCCCC2C1N. The number of nitrogens with zero attached hydrogens (tertiary/aromatic N) is 3. The van der Waals surface area contributed by atoms with E-state index in [1.807, 2.05) is 14.1 Å². The highest BCUT2D eigenvalue weighted by molar-refractivity contribution is 5.83. The molecule has 2 unspecified atom stereocenters. The molecule has 0 aliphatic carbocycles. The minimum absolute atomic E-state index is 0.0255. The molecule has 0 aromatic carbocycles. The van der Waals surface area contributed by atoms with Crippen LogP contribution in [0.3, 0.4) is 0 Å². The van der Waals surface area contributed by atoms with E-state index in [0.717, 1.165) is 25.4 Å². The minimum atomic E-state index is -0.0255. The normalized spacial score (nSPS) is 29.2. The number of hydrogen-bond acceptors (Lipinski definition) is 5. The van der Waals surface area contributed by atoms with Crippen LogP contribution in [0.2, 0.25) is 0 Å². The van der Waals surface area contributed by atoms with E-state index in [0.29, 0.717) is 12.6 Å². The van der Waals surface area contributed by atoms with Gasteiger partial charge in [0.15, 0.2) is 0 Å². The van der Waals surface area contributed by atoms with E-state index in [1.54, 1.807) is 0 Å². The third-order valence-electron chi connectivity index (χ3n) is 3.24. The Morgan fingerprint density at radius 1 is 1.50 bits per heavy atom. The molecule has 0 spiro atoms. The Kier molecular flexibility index (Phi) is 3.66. The van der Waals surface area contributed by atoms with Crippen molar-refractivity contribution in [3.8, 4) is 0 Å². The second-order valence-corrected chi connectivity index (χ2v) is 4.84. The van der Waals surface area contributed by atoms with Crippen molar-refractivity contribution >= 4 is 5.90 Å². The predicted octanol–water partition coefficient (Wildman–Crippen LogP) is 0.0735. The van der Waals surface area contributed by atoms with Crippen LogP contribution in [0, 0.1) is 0 Å². The Bertz CT molecular complexity index is 267. The van der Waals surface area contributed by atoms with Crippen molar-refractivity contribution in [2.45, 2.75) is 31.3 Å². The zero-order valence-electron chi connectivity index (χ0n) is 10.2. The summed E-state index contributed by atoms with van der Waals surface area (Å²) in [5.74, 6) is 0.730. The average Bonchev–Trinajstić information content (AvgIpc) is 2.56. The minimum Gasteiger partial charge on any atom is -0.477 e. The maximum absolute atomic E-state index is 6.14. The number of hydrogen-bond donors (Lipinski definition) is 1. The molecular formula is C11H22N4O. The highest BCUT2D eigenvalue weighted by Crippen LogP contribution is 2.25. The van der Waals surface area contributed by atoms with E-state index in [9.17, 15) is 0 Å². The first-order chi connectivity index (χ1) is 7.68. The lowest BCUT2D eigenvalue weighted by Crippen LogP contribution is -2.46. The summed E-state index contributed by atoms with van der Waals surface area (Å²) in [6.07, 6.45) is 3.62. The topological polar surface area (TPSA) is 54.1 Å². The zero-order chi connectivity index (χ0) is 11.5. The Balaban J connectivity index is 1.85. The third kappa shape index (κ3) is 2.47. The second-order valence-electron chi connectivity index (χ2n) is 4.84. The van der Waals surface area contributed by atoms with Gasteiger partial charge in [0.05, 0.1) is 6.04 Å². The fourth-order valence-corrected chi connectivity index (χ4v) is 2.25. The maximum atomic E-state index is 6.14. The van der Waals surface area contributed by atoms with E-state index >= 15 is 0 Å². The van der Waals surface area contributed by atoms with Crippen LogP contribution >= 0.6 is 0 Å². The van der Waals surface area contributed by atoms with Gasteiger partial charge in [-0.05, 0) is 33.4 Å². The smallest absolute Gasteiger partial charge is 0.225 e. The van der Waals surface area contributed by atoms with Crippen LogP contribution in [0.15, 0.2) is 5.10 Å². The van der Waals surface area contributed by atoms with Crippen LogP contribution in [-0.4, -0.2) is 61.7 Å². The molecule has 0 radical (unpaired) electrons. The summed E-state index contributed by atoms with van der Waals surface area (Å²) in [5, 5.41) is 6.58. The predicted molar refractivity (Wildman–Crippen MR) is 64.3 cm³/mol. The molecule has 0 bridgehead atoms. The average molecular weight is 226 g/mol. The molecule has 16 heavy (non-hydrogen) atoms. The van der Waals surface area contributed by atoms with Gasteiger partial charge in [-0.25, -0.2) is 0 Å². The first-order valence-corrected chi connectivity index (χ1v) is 6.07. The number of fused-ring (bicyclic) bond motifs is 1. The van der Waals surface area contributed by atoms with Crippen LogP contribution in [0.4, 0.5) is 0 Å². The van der Waals surface area contributed by atoms with E-state index in [-0.39, 0.29) is 6.04 Å². The molecule has 5 nitrogen and oxygen atoms in total. The molecule has 0 aromatic rings. The number of likely N-dealkylation sites (N-methyl/N-ethyl adjacent to an activating group) is 1. The summed E-state index contributed by atoms with van der Waals surface area (Å²) in [5.41, 5.74) is 6.14. The monoisotopic (exact) mass is 226 g/mol. The fraction of sp³-hybridized carbons (Fsp3) is 0.909. The fourth-order valence-electron chi connectivity index (χ4n) is 2.25. The van der Waals surface area contributed by atoms with Gasteiger partial charge < -0.3 is 15.4 Å². The molecule has 2 atom stereocenters. The van der Waals surface area contributed by atoms with Crippen LogP contribution in [0.25, 0.3) is 0 Å². The van der Waals surface area contributed by atoms with Crippen LogP contribution in [0.1, 0.15) is 19.3 Å². The lowest BCUT2D eigenvalue weighted by Gasteiger charge is -2.29. The second kappa shape index (κ2) is 5.01. The number of nitrogens with two attached hydrogens (primary N) is 1. The van der Waals surface area contributed by atoms with Gasteiger partial charge in [-0.3, -0.25) is 5.01 Å². The standard InChI is InChI=1S/C11H22N4O/c1-14(2)7-8-16-11-10(12)9-5-3-4-6-15(9)13-11/h9-10H,3-8,12H2,1-2H3. The summed E-state index contributed by atoms with van der Waals surface area (Å²) in [6.45, 7) is 2.59. The molecule has 0 saturated carbocycles. The van der Waals surface area contributed by atoms with Gasteiger partial charge in [0, 0.05) is 13.1 Å². The first-order valence-electron chi connectivity index (χ1n) is 6.07. The molecule has 2 N–H and O–H groups in total. The molecule has 5 heteroatoms. The van der Waals surface area contributed by atoms with Crippen molar-refractivity contribution in [2.75, 3.05) is 33.8 Å². The van der Waals surface area contributed by atoms with Crippen molar-refractivity contribution < 1.29 is 4.74 Å². The molecule has 2 rings (SSSR count). The largest absolute Gasteiger partial charge is 0.477 e. The van der Waals surface area contributed by atoms with Crippen LogP contribution in [-0.2, 0) is 4.74 Å². The molecule has 92 valence electrons. The maximum Gasteiger partial charge on any atom is 0.225 e. The van der Waals surface area contributed by atoms with Crippen molar-refractivity contribution in [1.29, 1.82) is 0 Å². The molecule has 2 aliphatic rings. The Morgan fingerprint density at radius 3 is 3.00 bits per heavy atom. The summed E-state index contributed by atoms with van der Waals surface area (Å²) < 4.78 is 5.66. The molecule has 1 saturated heterocycles. The Hall–Kier alpha value is -0.810. The molecule has 2 heterocycles. The van der Waals surface area contributed by atoms with E-state index in [4.69, 9.17) is 10.5 Å². The molecular weight excluding hydrogens is 204 g/mol. The Labute approximate surface area is 97.2 Å². The summed E-state index contributed by atoms with van der Waals surface area (Å²) in [4.78, 5) is 2.09. The van der Waals surface area contributed by atoms with Crippen molar-refractivity contribution in [2.24, 2.45) is 10.8 Å². The Morgan fingerprint density at radius 2 is 2.31 bits per heavy atom. The number of rotatable bonds is 3. The highest BCUT2D eigenvalue weighted by atomic mass is 16.5. The molecule has 0 amide bonds. The van der Waals surface area contributed by atoms with Gasteiger partial charge in [0.1, 0.15) is 12.6 Å². The third-order valence-corrected chi connectivity index (χ3v) is 3.24. The lowest BCUT2D eigenvalue weighted by molar-refractivity contribution is 0.168. The van der Waals surface area contributed by atoms with Crippen molar-refractivity contribution in [3.63, 3.8) is 0 Å². The zero-order valence-corrected chi connectivity index (χ0v) is 10.2. The van der Waals surface area contributed by atoms with Crippen LogP contribution in [0.5, 0.6) is 0 Å². The van der Waals surface area contributed by atoms with Gasteiger partial charge in [0.2, 0.25) is 5.90 Å². The first kappa shape index (κ1) is 11.7.